The van der Waals surface area contributed by atoms with Crippen molar-refractivity contribution in [2.45, 2.75) is 12.8 Å². The van der Waals surface area contributed by atoms with Crippen LogP contribution in [0.1, 0.15) is 18.5 Å². The van der Waals surface area contributed by atoms with Crippen molar-refractivity contribution >= 4 is 11.8 Å². The second-order valence-electron chi connectivity index (χ2n) is 3.26. The molecule has 1 N–H and O–H groups in total. The van der Waals surface area contributed by atoms with Gasteiger partial charge < -0.3 is 10.0 Å². The second-order valence-corrected chi connectivity index (χ2v) is 3.26. The molecule has 0 saturated heterocycles. The summed E-state index contributed by atoms with van der Waals surface area (Å²) < 4.78 is 0. The number of nitrogens with zero attached hydrogens (tertiary/aromatic N) is 3. The third-order valence-corrected chi connectivity index (χ3v) is 1.95. The fourth-order valence-electron chi connectivity index (χ4n) is 0.969. The summed E-state index contributed by atoms with van der Waals surface area (Å²) in [7, 11) is 3.69. The maximum Gasteiger partial charge on any atom is 0.312 e. The Morgan fingerprint density at radius 1 is 1.50 bits per heavy atom. The standard InChI is InChI=1S/C9H13N3O2/c1-6(9(13)14)7-4-8(12(2)3)11-5-10-7/h4-6H,1-3H3,(H,13,14). The normalized spacial score (nSPS) is 12.2. The molecule has 0 spiro atoms. The van der Waals surface area contributed by atoms with Crippen LogP contribution < -0.4 is 4.90 Å². The van der Waals surface area contributed by atoms with Crippen LogP contribution >= 0.6 is 0 Å². The molecule has 0 aliphatic carbocycles. The zero-order valence-corrected chi connectivity index (χ0v) is 8.43. The van der Waals surface area contributed by atoms with E-state index >= 15 is 0 Å². The highest BCUT2D eigenvalue weighted by Gasteiger charge is 2.15. The van der Waals surface area contributed by atoms with Crippen molar-refractivity contribution in [3.63, 3.8) is 0 Å². The van der Waals surface area contributed by atoms with E-state index in [0.717, 1.165) is 0 Å². The van der Waals surface area contributed by atoms with Crippen LogP contribution in [0.3, 0.4) is 0 Å². The summed E-state index contributed by atoms with van der Waals surface area (Å²) in [5.41, 5.74) is 0.524. The third-order valence-electron chi connectivity index (χ3n) is 1.95. The lowest BCUT2D eigenvalue weighted by Gasteiger charge is -2.12. The lowest BCUT2D eigenvalue weighted by atomic mass is 10.1. The highest BCUT2D eigenvalue weighted by Crippen LogP contribution is 2.15. The first-order chi connectivity index (χ1) is 6.52. The van der Waals surface area contributed by atoms with E-state index in [-0.39, 0.29) is 0 Å². The third kappa shape index (κ3) is 2.18. The zero-order chi connectivity index (χ0) is 10.7. The van der Waals surface area contributed by atoms with Gasteiger partial charge in [-0.1, -0.05) is 0 Å². The Balaban J connectivity index is 2.99. The molecule has 0 fully saturated rings. The van der Waals surface area contributed by atoms with Crippen molar-refractivity contribution in [2.24, 2.45) is 0 Å². The number of rotatable bonds is 3. The van der Waals surface area contributed by atoms with E-state index in [9.17, 15) is 4.79 Å². The number of aromatic nitrogens is 2. The van der Waals surface area contributed by atoms with Crippen molar-refractivity contribution in [2.75, 3.05) is 19.0 Å². The van der Waals surface area contributed by atoms with Gasteiger partial charge in [-0.05, 0) is 6.92 Å². The number of aliphatic carboxylic acids is 1. The van der Waals surface area contributed by atoms with E-state index in [1.54, 1.807) is 17.9 Å². The minimum atomic E-state index is -0.881. The predicted octanol–water partition coefficient (Wildman–Crippen LogP) is 0.731. The number of hydrogen-bond acceptors (Lipinski definition) is 4. The van der Waals surface area contributed by atoms with Gasteiger partial charge in [0.2, 0.25) is 0 Å². The lowest BCUT2D eigenvalue weighted by Crippen LogP contribution is -2.14. The summed E-state index contributed by atoms with van der Waals surface area (Å²) in [6.07, 6.45) is 1.38. The summed E-state index contributed by atoms with van der Waals surface area (Å²) in [4.78, 5) is 20.4. The molecule has 1 atom stereocenters. The minimum Gasteiger partial charge on any atom is -0.481 e. The smallest absolute Gasteiger partial charge is 0.312 e. The zero-order valence-electron chi connectivity index (χ0n) is 8.43. The molecule has 0 aromatic carbocycles. The summed E-state index contributed by atoms with van der Waals surface area (Å²) in [5.74, 6) is -0.770. The maximum atomic E-state index is 10.7. The molecule has 0 aliphatic rings. The Morgan fingerprint density at radius 2 is 2.14 bits per heavy atom. The average molecular weight is 195 g/mol. The van der Waals surface area contributed by atoms with Crippen molar-refractivity contribution in [3.05, 3.63) is 18.1 Å². The molecule has 5 heteroatoms. The molecule has 14 heavy (non-hydrogen) atoms. The van der Waals surface area contributed by atoms with Crippen LogP contribution in [0.15, 0.2) is 12.4 Å². The summed E-state index contributed by atoms with van der Waals surface area (Å²) >= 11 is 0. The quantitative estimate of drug-likeness (QED) is 0.770. The van der Waals surface area contributed by atoms with E-state index < -0.39 is 11.9 Å². The van der Waals surface area contributed by atoms with Gasteiger partial charge in [-0.2, -0.15) is 0 Å². The molecule has 5 nitrogen and oxygen atoms in total. The van der Waals surface area contributed by atoms with Crippen LogP contribution in [-0.2, 0) is 4.79 Å². The number of hydrogen-bond donors (Lipinski definition) is 1. The Labute approximate surface area is 82.4 Å². The van der Waals surface area contributed by atoms with E-state index in [0.29, 0.717) is 11.5 Å². The van der Waals surface area contributed by atoms with Crippen LogP contribution in [0.25, 0.3) is 0 Å². The summed E-state index contributed by atoms with van der Waals surface area (Å²) in [6, 6.07) is 1.68. The predicted molar refractivity (Wildman–Crippen MR) is 52.4 cm³/mol. The first-order valence-corrected chi connectivity index (χ1v) is 4.24. The fraction of sp³-hybridized carbons (Fsp3) is 0.444. The molecule has 0 aliphatic heterocycles. The van der Waals surface area contributed by atoms with E-state index in [1.807, 2.05) is 14.1 Å². The van der Waals surface area contributed by atoms with Crippen molar-refractivity contribution < 1.29 is 9.90 Å². The highest BCUT2D eigenvalue weighted by atomic mass is 16.4. The van der Waals surface area contributed by atoms with Crippen LogP contribution in [0.5, 0.6) is 0 Å². The number of carboxylic acid groups (broad SMARTS) is 1. The molecular formula is C9H13N3O2. The molecule has 1 aromatic heterocycles. The Morgan fingerprint density at radius 3 is 2.64 bits per heavy atom. The van der Waals surface area contributed by atoms with E-state index in [2.05, 4.69) is 9.97 Å². The molecule has 1 unspecified atom stereocenters. The largest absolute Gasteiger partial charge is 0.481 e. The van der Waals surface area contributed by atoms with Crippen LogP contribution in [0.2, 0.25) is 0 Å². The van der Waals surface area contributed by atoms with Gasteiger partial charge in [-0.15, -0.1) is 0 Å². The average Bonchev–Trinajstić information content (AvgIpc) is 2.16. The van der Waals surface area contributed by atoms with Crippen LogP contribution in [0.4, 0.5) is 5.82 Å². The second kappa shape index (κ2) is 4.04. The summed E-state index contributed by atoms with van der Waals surface area (Å²) in [5, 5.41) is 8.79. The van der Waals surface area contributed by atoms with Crippen molar-refractivity contribution in [3.8, 4) is 0 Å². The Kier molecular flexibility index (Phi) is 3.01. The monoisotopic (exact) mass is 195 g/mol. The Hall–Kier alpha value is -1.65. The topological polar surface area (TPSA) is 66.3 Å². The van der Waals surface area contributed by atoms with Gasteiger partial charge in [0, 0.05) is 20.2 Å². The molecule has 76 valence electrons. The van der Waals surface area contributed by atoms with Gasteiger partial charge in [0.25, 0.3) is 0 Å². The molecule has 1 heterocycles. The highest BCUT2D eigenvalue weighted by molar-refractivity contribution is 5.75. The first kappa shape index (κ1) is 10.4. The molecular weight excluding hydrogens is 182 g/mol. The minimum absolute atomic E-state index is 0.524. The maximum absolute atomic E-state index is 10.7. The van der Waals surface area contributed by atoms with Gasteiger partial charge in [-0.25, -0.2) is 9.97 Å². The lowest BCUT2D eigenvalue weighted by molar-refractivity contribution is -0.138. The number of carboxylic acids is 1. The van der Waals surface area contributed by atoms with Crippen molar-refractivity contribution in [1.29, 1.82) is 0 Å². The molecule has 1 aromatic rings. The fourth-order valence-corrected chi connectivity index (χ4v) is 0.969. The number of anilines is 1. The van der Waals surface area contributed by atoms with Crippen LogP contribution in [0, 0.1) is 0 Å². The number of carbonyl (C=O) groups is 1. The first-order valence-electron chi connectivity index (χ1n) is 4.24. The van der Waals surface area contributed by atoms with Crippen LogP contribution in [-0.4, -0.2) is 35.1 Å². The summed E-state index contributed by atoms with van der Waals surface area (Å²) in [6.45, 7) is 1.60. The van der Waals surface area contributed by atoms with E-state index in [1.165, 1.54) is 6.33 Å². The van der Waals surface area contributed by atoms with E-state index in [4.69, 9.17) is 5.11 Å². The molecule has 0 bridgehead atoms. The molecule has 0 amide bonds. The molecule has 1 rings (SSSR count). The van der Waals surface area contributed by atoms with Gasteiger partial charge in [0.15, 0.2) is 0 Å². The van der Waals surface area contributed by atoms with Gasteiger partial charge in [0.1, 0.15) is 12.1 Å². The Bertz CT molecular complexity index is 339. The van der Waals surface area contributed by atoms with Gasteiger partial charge in [-0.3, -0.25) is 4.79 Å². The van der Waals surface area contributed by atoms with Gasteiger partial charge in [0.05, 0.1) is 11.6 Å². The van der Waals surface area contributed by atoms with Gasteiger partial charge >= 0.3 is 5.97 Å². The molecule has 0 radical (unpaired) electrons. The van der Waals surface area contributed by atoms with Crippen molar-refractivity contribution in [1.82, 2.24) is 9.97 Å². The SMILES string of the molecule is CC(C(=O)O)c1cc(N(C)C)ncn1. The molecule has 0 saturated carbocycles.